The molecule has 0 atom stereocenters. The fraction of sp³-hybridized carbons (Fsp3) is 0.100. The van der Waals surface area contributed by atoms with Gasteiger partial charge in [0.05, 0.1) is 0 Å². The molecule has 0 saturated carbocycles. The van der Waals surface area contributed by atoms with Crippen molar-refractivity contribution in [1.29, 1.82) is 0 Å². The van der Waals surface area contributed by atoms with Crippen molar-refractivity contribution in [1.82, 2.24) is 0 Å². The lowest BCUT2D eigenvalue weighted by molar-refractivity contribution is -0.275. The molecule has 0 heterocycles. The maximum absolute atomic E-state index is 12.3. The zero-order valence-electron chi connectivity index (χ0n) is 13.5. The maximum atomic E-state index is 12.3. The number of hydrogen-bond donors (Lipinski definition) is 1. The minimum atomic E-state index is -4.87. The number of hydrogen-bond acceptors (Lipinski definition) is 3. The van der Waals surface area contributed by atoms with Crippen LogP contribution in [0.4, 0.5) is 13.2 Å². The van der Waals surface area contributed by atoms with Gasteiger partial charge >= 0.3 is 6.36 Å². The molecule has 3 nitrogen and oxygen atoms in total. The fourth-order valence-electron chi connectivity index (χ4n) is 2.46. The molecular formula is C20H15F3O3. The summed E-state index contributed by atoms with van der Waals surface area (Å²) in [4.78, 5) is 0. The number of ether oxygens (including phenoxy) is 2. The third kappa shape index (κ3) is 4.47. The molecule has 26 heavy (non-hydrogen) atoms. The maximum Gasteiger partial charge on any atom is 0.573 e. The van der Waals surface area contributed by atoms with E-state index in [9.17, 15) is 18.3 Å². The zero-order valence-corrected chi connectivity index (χ0v) is 13.5. The molecule has 0 aliphatic carbocycles. The number of rotatable bonds is 5. The van der Waals surface area contributed by atoms with E-state index < -0.39 is 17.9 Å². The Balaban J connectivity index is 1.84. The van der Waals surface area contributed by atoms with Gasteiger partial charge in [-0.05, 0) is 29.3 Å². The van der Waals surface area contributed by atoms with Gasteiger partial charge in [-0.15, -0.1) is 13.2 Å². The SMILES string of the molecule is Oc1cc(-c2ccccc2OCc2ccccc2)ccc1OC(F)(F)F. The molecular weight excluding hydrogens is 345 g/mol. The summed E-state index contributed by atoms with van der Waals surface area (Å²) in [5.41, 5.74) is 2.15. The summed E-state index contributed by atoms with van der Waals surface area (Å²) in [5.74, 6) is -0.693. The molecule has 0 bridgehead atoms. The molecule has 1 N–H and O–H groups in total. The van der Waals surface area contributed by atoms with E-state index in [-0.39, 0.29) is 0 Å². The van der Waals surface area contributed by atoms with E-state index >= 15 is 0 Å². The fourth-order valence-corrected chi connectivity index (χ4v) is 2.46. The zero-order chi connectivity index (χ0) is 18.6. The molecule has 0 aromatic heterocycles. The van der Waals surface area contributed by atoms with Crippen molar-refractivity contribution in [3.8, 4) is 28.4 Å². The molecule has 0 amide bonds. The molecule has 0 saturated heterocycles. The molecule has 0 aliphatic heterocycles. The van der Waals surface area contributed by atoms with Gasteiger partial charge in [-0.3, -0.25) is 0 Å². The summed E-state index contributed by atoms with van der Waals surface area (Å²) in [6.07, 6.45) is -4.87. The Morgan fingerprint density at radius 1 is 0.808 bits per heavy atom. The molecule has 0 unspecified atom stereocenters. The molecule has 0 fully saturated rings. The highest BCUT2D eigenvalue weighted by Gasteiger charge is 2.32. The van der Waals surface area contributed by atoms with Crippen LogP contribution in [-0.2, 0) is 6.61 Å². The molecule has 3 rings (SSSR count). The van der Waals surface area contributed by atoms with Crippen molar-refractivity contribution >= 4 is 0 Å². The van der Waals surface area contributed by atoms with E-state index in [1.165, 1.54) is 12.1 Å². The Morgan fingerprint density at radius 2 is 1.50 bits per heavy atom. The Hall–Kier alpha value is -3.15. The van der Waals surface area contributed by atoms with Crippen LogP contribution in [0.15, 0.2) is 72.8 Å². The van der Waals surface area contributed by atoms with Crippen molar-refractivity contribution in [2.75, 3.05) is 0 Å². The summed E-state index contributed by atoms with van der Waals surface area (Å²) in [6, 6.07) is 20.4. The Kier molecular flexibility index (Phi) is 5.02. The molecule has 0 radical (unpaired) electrons. The number of para-hydroxylation sites is 1. The summed E-state index contributed by atoms with van der Waals surface area (Å²) in [5, 5.41) is 9.85. The van der Waals surface area contributed by atoms with Gasteiger partial charge in [0.1, 0.15) is 12.4 Å². The van der Waals surface area contributed by atoms with Crippen LogP contribution >= 0.6 is 0 Å². The van der Waals surface area contributed by atoms with Gasteiger partial charge in [0.2, 0.25) is 0 Å². The third-order valence-corrected chi connectivity index (χ3v) is 3.62. The van der Waals surface area contributed by atoms with Crippen LogP contribution in [0.1, 0.15) is 5.56 Å². The van der Waals surface area contributed by atoms with E-state index in [2.05, 4.69) is 4.74 Å². The van der Waals surface area contributed by atoms with E-state index in [0.29, 0.717) is 23.5 Å². The second-order valence-corrected chi connectivity index (χ2v) is 5.50. The van der Waals surface area contributed by atoms with E-state index in [1.807, 2.05) is 30.3 Å². The molecule has 0 aliphatic rings. The predicted molar refractivity (Wildman–Crippen MR) is 91.0 cm³/mol. The standard InChI is InChI=1S/C20H15F3O3/c21-20(22,23)26-19-11-10-15(12-17(19)24)16-8-4-5-9-18(16)25-13-14-6-2-1-3-7-14/h1-12,24H,13H2. The van der Waals surface area contributed by atoms with Gasteiger partial charge < -0.3 is 14.6 Å². The van der Waals surface area contributed by atoms with E-state index in [0.717, 1.165) is 11.6 Å². The molecule has 3 aromatic rings. The minimum Gasteiger partial charge on any atom is -0.504 e. The summed E-state index contributed by atoms with van der Waals surface area (Å²) >= 11 is 0. The average molecular weight is 360 g/mol. The van der Waals surface area contributed by atoms with Crippen LogP contribution < -0.4 is 9.47 Å². The summed E-state index contributed by atoms with van der Waals surface area (Å²) in [7, 11) is 0. The number of phenolic OH excluding ortho intramolecular Hbond substituents is 1. The molecule has 6 heteroatoms. The van der Waals surface area contributed by atoms with Crippen molar-refractivity contribution in [2.45, 2.75) is 13.0 Å². The number of phenols is 1. The van der Waals surface area contributed by atoms with Crippen molar-refractivity contribution < 1.29 is 27.8 Å². The first-order valence-electron chi connectivity index (χ1n) is 7.77. The van der Waals surface area contributed by atoms with E-state index in [4.69, 9.17) is 4.74 Å². The number of aromatic hydroxyl groups is 1. The Labute approximate surface area is 148 Å². The van der Waals surface area contributed by atoms with Gasteiger partial charge in [0.25, 0.3) is 0 Å². The van der Waals surface area contributed by atoms with Crippen LogP contribution in [0.3, 0.4) is 0 Å². The van der Waals surface area contributed by atoms with Gasteiger partial charge in [-0.25, -0.2) is 0 Å². The second kappa shape index (κ2) is 7.39. The number of alkyl halides is 3. The van der Waals surface area contributed by atoms with Crippen molar-refractivity contribution in [3.63, 3.8) is 0 Å². The van der Waals surface area contributed by atoms with Crippen molar-refractivity contribution in [2.24, 2.45) is 0 Å². The normalized spacial score (nSPS) is 11.2. The molecule has 3 aromatic carbocycles. The van der Waals surface area contributed by atoms with Crippen LogP contribution in [0.5, 0.6) is 17.2 Å². The molecule has 0 spiro atoms. The van der Waals surface area contributed by atoms with Gasteiger partial charge in [0.15, 0.2) is 11.5 Å². The Bertz CT molecular complexity index is 877. The third-order valence-electron chi connectivity index (χ3n) is 3.62. The van der Waals surface area contributed by atoms with Gasteiger partial charge in [-0.1, -0.05) is 54.6 Å². The quantitative estimate of drug-likeness (QED) is 0.650. The lowest BCUT2D eigenvalue weighted by atomic mass is 10.0. The van der Waals surface area contributed by atoms with Crippen molar-refractivity contribution in [3.05, 3.63) is 78.4 Å². The first-order valence-corrected chi connectivity index (χ1v) is 7.77. The predicted octanol–water partition coefficient (Wildman–Crippen LogP) is 5.54. The highest BCUT2D eigenvalue weighted by Crippen LogP contribution is 2.37. The summed E-state index contributed by atoms with van der Waals surface area (Å²) in [6.45, 7) is 0.346. The smallest absolute Gasteiger partial charge is 0.504 e. The average Bonchev–Trinajstić information content (AvgIpc) is 2.62. The topological polar surface area (TPSA) is 38.7 Å². The number of halogens is 3. The van der Waals surface area contributed by atoms with Crippen LogP contribution in [-0.4, -0.2) is 11.5 Å². The first kappa shape index (κ1) is 17.7. The lowest BCUT2D eigenvalue weighted by Crippen LogP contribution is -2.17. The van der Waals surface area contributed by atoms with Gasteiger partial charge in [-0.2, -0.15) is 0 Å². The Morgan fingerprint density at radius 3 is 2.19 bits per heavy atom. The van der Waals surface area contributed by atoms with Gasteiger partial charge in [0, 0.05) is 5.56 Å². The van der Waals surface area contributed by atoms with E-state index in [1.54, 1.807) is 24.3 Å². The van der Waals surface area contributed by atoms with Crippen LogP contribution in [0, 0.1) is 0 Å². The summed E-state index contributed by atoms with van der Waals surface area (Å²) < 4.78 is 46.6. The van der Waals surface area contributed by atoms with Crippen LogP contribution in [0.25, 0.3) is 11.1 Å². The molecule has 134 valence electrons. The lowest BCUT2D eigenvalue weighted by Gasteiger charge is -2.14. The highest BCUT2D eigenvalue weighted by molar-refractivity contribution is 5.72. The van der Waals surface area contributed by atoms with Crippen LogP contribution in [0.2, 0.25) is 0 Å². The minimum absolute atomic E-state index is 0.346. The highest BCUT2D eigenvalue weighted by atomic mass is 19.4. The first-order chi connectivity index (χ1) is 12.4. The second-order valence-electron chi connectivity index (χ2n) is 5.50. The monoisotopic (exact) mass is 360 g/mol. The largest absolute Gasteiger partial charge is 0.573 e. The number of benzene rings is 3.